The van der Waals surface area contributed by atoms with Gasteiger partial charge in [-0.3, -0.25) is 14.3 Å². The van der Waals surface area contributed by atoms with Crippen molar-refractivity contribution in [1.29, 1.82) is 0 Å². The molecule has 0 aromatic carbocycles. The number of fused-ring (bicyclic) bond motifs is 1. The third kappa shape index (κ3) is 2.87. The summed E-state index contributed by atoms with van der Waals surface area (Å²) < 4.78 is 1.75. The van der Waals surface area contributed by atoms with Crippen molar-refractivity contribution in [3.63, 3.8) is 0 Å². The Morgan fingerprint density at radius 2 is 2.18 bits per heavy atom. The van der Waals surface area contributed by atoms with E-state index in [1.165, 1.54) is 0 Å². The molecule has 1 N–H and O–H groups in total. The molecule has 1 saturated heterocycles. The van der Waals surface area contributed by atoms with E-state index in [0.29, 0.717) is 24.7 Å². The highest BCUT2D eigenvalue weighted by Crippen LogP contribution is 2.38. The number of nitrogens with one attached hydrogen (secondary N) is 1. The van der Waals surface area contributed by atoms with Crippen LogP contribution < -0.4 is 5.32 Å². The van der Waals surface area contributed by atoms with E-state index in [-0.39, 0.29) is 17.9 Å². The number of amides is 2. The highest BCUT2D eigenvalue weighted by Gasteiger charge is 2.40. The first kappa shape index (κ1) is 15.1. The smallest absolute Gasteiger partial charge is 0.227 e. The quantitative estimate of drug-likeness (QED) is 0.891. The summed E-state index contributed by atoms with van der Waals surface area (Å²) in [6, 6.07) is 0.257. The van der Waals surface area contributed by atoms with Gasteiger partial charge in [0.25, 0.3) is 0 Å². The molecule has 2 amide bonds. The molecule has 1 aliphatic carbocycles. The Labute approximate surface area is 130 Å². The van der Waals surface area contributed by atoms with E-state index >= 15 is 0 Å². The van der Waals surface area contributed by atoms with Crippen LogP contribution >= 0.6 is 0 Å². The number of piperidine rings is 1. The second-order valence-electron chi connectivity index (χ2n) is 6.75. The molecule has 0 unspecified atom stereocenters. The van der Waals surface area contributed by atoms with Crippen LogP contribution in [0.4, 0.5) is 0 Å². The highest BCUT2D eigenvalue weighted by molar-refractivity contribution is 5.79. The molecule has 2 aliphatic rings. The van der Waals surface area contributed by atoms with Crippen molar-refractivity contribution in [2.45, 2.75) is 38.6 Å². The molecular formula is C16H24N4O2. The lowest BCUT2D eigenvalue weighted by atomic mass is 9.89. The van der Waals surface area contributed by atoms with Crippen molar-refractivity contribution in [2.24, 2.45) is 18.9 Å². The first-order valence-electron chi connectivity index (χ1n) is 7.95. The summed E-state index contributed by atoms with van der Waals surface area (Å²) in [6.07, 6.45) is 4.88. The van der Waals surface area contributed by atoms with E-state index in [1.807, 2.05) is 32.1 Å². The largest absolute Gasteiger partial charge is 0.356 e. The first-order chi connectivity index (χ1) is 10.4. The molecule has 2 fully saturated rings. The maximum Gasteiger partial charge on any atom is 0.227 e. The number of aromatic nitrogens is 2. The fraction of sp³-hybridized carbons (Fsp3) is 0.688. The molecule has 1 aromatic rings. The molecule has 120 valence electrons. The van der Waals surface area contributed by atoms with Gasteiger partial charge >= 0.3 is 0 Å². The second kappa shape index (κ2) is 5.74. The van der Waals surface area contributed by atoms with Crippen molar-refractivity contribution in [3.8, 4) is 0 Å². The van der Waals surface area contributed by atoms with Crippen molar-refractivity contribution < 1.29 is 9.59 Å². The normalized spacial score (nSPS) is 27.4. The molecule has 3 atom stereocenters. The lowest BCUT2D eigenvalue weighted by Gasteiger charge is -2.24. The molecule has 6 nitrogen and oxygen atoms in total. The molecule has 22 heavy (non-hydrogen) atoms. The van der Waals surface area contributed by atoms with E-state index in [2.05, 4.69) is 10.4 Å². The maximum absolute atomic E-state index is 12.5. The zero-order valence-electron chi connectivity index (χ0n) is 13.5. The molecule has 0 radical (unpaired) electrons. The Bertz CT molecular complexity index is 595. The van der Waals surface area contributed by atoms with Crippen molar-refractivity contribution in [2.75, 3.05) is 13.6 Å². The lowest BCUT2D eigenvalue weighted by Crippen LogP contribution is -2.38. The fourth-order valence-corrected chi connectivity index (χ4v) is 3.86. The van der Waals surface area contributed by atoms with Crippen LogP contribution in [0.25, 0.3) is 0 Å². The summed E-state index contributed by atoms with van der Waals surface area (Å²) >= 11 is 0. The van der Waals surface area contributed by atoms with E-state index in [1.54, 1.807) is 4.68 Å². The third-order valence-electron chi connectivity index (χ3n) is 5.22. The van der Waals surface area contributed by atoms with Crippen LogP contribution in [0.1, 0.15) is 30.5 Å². The summed E-state index contributed by atoms with van der Waals surface area (Å²) in [6.45, 7) is 2.70. The van der Waals surface area contributed by atoms with E-state index in [9.17, 15) is 9.59 Å². The summed E-state index contributed by atoms with van der Waals surface area (Å²) in [5.74, 6) is 1.26. The van der Waals surface area contributed by atoms with Crippen LogP contribution in [0.2, 0.25) is 0 Å². The summed E-state index contributed by atoms with van der Waals surface area (Å²) in [5.41, 5.74) is 1.91. The minimum Gasteiger partial charge on any atom is -0.356 e. The molecule has 0 bridgehead atoms. The number of likely N-dealkylation sites (N-methyl/N-ethyl adjacent to an activating group) is 1. The molecule has 6 heteroatoms. The molecule has 1 aliphatic heterocycles. The maximum atomic E-state index is 12.5. The van der Waals surface area contributed by atoms with Gasteiger partial charge in [-0.15, -0.1) is 0 Å². The van der Waals surface area contributed by atoms with E-state index in [4.69, 9.17) is 0 Å². The minimum absolute atomic E-state index is 0.138. The lowest BCUT2D eigenvalue weighted by molar-refractivity contribution is -0.131. The van der Waals surface area contributed by atoms with Crippen LogP contribution in [0.5, 0.6) is 0 Å². The van der Waals surface area contributed by atoms with Gasteiger partial charge in [0.1, 0.15) is 0 Å². The van der Waals surface area contributed by atoms with Gasteiger partial charge in [0.2, 0.25) is 11.8 Å². The summed E-state index contributed by atoms with van der Waals surface area (Å²) in [5, 5.41) is 7.23. The number of hydrogen-bond acceptors (Lipinski definition) is 3. The van der Waals surface area contributed by atoms with Crippen molar-refractivity contribution in [1.82, 2.24) is 20.0 Å². The number of rotatable bonds is 3. The number of carbonyl (C=O) groups excluding carboxylic acids is 2. The first-order valence-corrected chi connectivity index (χ1v) is 7.95. The number of nitrogens with zero attached hydrogens (tertiary/aromatic N) is 3. The monoisotopic (exact) mass is 304 g/mol. The Balaban J connectivity index is 1.62. The Morgan fingerprint density at radius 1 is 1.45 bits per heavy atom. The van der Waals surface area contributed by atoms with Gasteiger partial charge in [-0.1, -0.05) is 0 Å². The Kier molecular flexibility index (Phi) is 3.93. The predicted octanol–water partition coefficient (Wildman–Crippen LogP) is 0.644. The van der Waals surface area contributed by atoms with Crippen LogP contribution in [-0.4, -0.2) is 46.1 Å². The van der Waals surface area contributed by atoms with Gasteiger partial charge in [-0.2, -0.15) is 5.10 Å². The van der Waals surface area contributed by atoms with Gasteiger partial charge in [-0.25, -0.2) is 0 Å². The summed E-state index contributed by atoms with van der Waals surface area (Å²) in [7, 11) is 3.77. The molecule has 0 spiro atoms. The highest BCUT2D eigenvalue weighted by atomic mass is 16.2. The van der Waals surface area contributed by atoms with Crippen LogP contribution in [0.15, 0.2) is 6.20 Å². The van der Waals surface area contributed by atoms with Gasteiger partial charge in [0, 0.05) is 44.9 Å². The zero-order chi connectivity index (χ0) is 15.9. The standard InChI is InChI=1S/C16H24N4O2/c1-10-13(9-19(2)18-10)7-16(22)20(3)14-4-11-6-15(21)17-8-12(11)5-14/h9,11-12,14H,4-8H2,1-3H3,(H,17,21)/t11-,12+,14-/m0/s1. The Morgan fingerprint density at radius 3 is 2.86 bits per heavy atom. The van der Waals surface area contributed by atoms with Crippen LogP contribution in [0, 0.1) is 18.8 Å². The van der Waals surface area contributed by atoms with Gasteiger partial charge in [-0.05, 0) is 31.6 Å². The molecular weight excluding hydrogens is 280 g/mol. The number of carbonyl (C=O) groups is 2. The van der Waals surface area contributed by atoms with Gasteiger partial charge in [0.05, 0.1) is 12.1 Å². The molecule has 3 rings (SSSR count). The SMILES string of the molecule is Cc1nn(C)cc1CC(=O)N(C)[C@H]1C[C@H]2CC(=O)NC[C@H]2C1. The van der Waals surface area contributed by atoms with Crippen LogP contribution in [-0.2, 0) is 23.1 Å². The van der Waals surface area contributed by atoms with Crippen molar-refractivity contribution in [3.05, 3.63) is 17.5 Å². The fourth-order valence-electron chi connectivity index (χ4n) is 3.86. The second-order valence-corrected chi connectivity index (χ2v) is 6.75. The van der Waals surface area contributed by atoms with E-state index in [0.717, 1.165) is 30.6 Å². The number of aryl methyl sites for hydroxylation is 2. The van der Waals surface area contributed by atoms with Crippen LogP contribution in [0.3, 0.4) is 0 Å². The topological polar surface area (TPSA) is 67.2 Å². The molecule has 1 saturated carbocycles. The van der Waals surface area contributed by atoms with Crippen molar-refractivity contribution >= 4 is 11.8 Å². The summed E-state index contributed by atoms with van der Waals surface area (Å²) in [4.78, 5) is 25.9. The molecule has 2 heterocycles. The third-order valence-corrected chi connectivity index (χ3v) is 5.22. The predicted molar refractivity (Wildman–Crippen MR) is 82.0 cm³/mol. The van der Waals surface area contributed by atoms with E-state index < -0.39 is 0 Å². The van der Waals surface area contributed by atoms with Gasteiger partial charge in [0.15, 0.2) is 0 Å². The average molecular weight is 304 g/mol. The average Bonchev–Trinajstić information content (AvgIpc) is 3.00. The Hall–Kier alpha value is -1.85. The molecule has 1 aromatic heterocycles. The van der Waals surface area contributed by atoms with Gasteiger partial charge < -0.3 is 10.2 Å². The number of hydrogen-bond donors (Lipinski definition) is 1. The minimum atomic E-state index is 0.138. The zero-order valence-corrected chi connectivity index (χ0v) is 13.5.